The highest BCUT2D eigenvalue weighted by molar-refractivity contribution is 9.10. The Bertz CT molecular complexity index is 937. The second kappa shape index (κ2) is 6.15. The molecular formula is C16H12BrCl2N3O. The van der Waals surface area contributed by atoms with Crippen LogP contribution in [0.1, 0.15) is 21.7 Å². The number of aryl methyl sites for hydroxylation is 2. The Morgan fingerprint density at radius 3 is 2.74 bits per heavy atom. The minimum atomic E-state index is -0.295. The third-order valence-corrected chi connectivity index (χ3v) is 4.53. The quantitative estimate of drug-likeness (QED) is 0.622. The molecule has 0 atom stereocenters. The first kappa shape index (κ1) is 16.3. The topological polar surface area (TPSA) is 46.4 Å². The molecular weight excluding hydrogens is 401 g/mol. The SMILES string of the molecule is Cc1cc(Br)c2nc(C)c(C(=O)Nc3cc(Cl)ccc3Cl)n2c1. The van der Waals surface area contributed by atoms with Crippen molar-refractivity contribution >= 4 is 56.4 Å². The van der Waals surface area contributed by atoms with E-state index in [0.29, 0.717) is 32.8 Å². The lowest BCUT2D eigenvalue weighted by Crippen LogP contribution is -2.16. The highest BCUT2D eigenvalue weighted by atomic mass is 79.9. The van der Waals surface area contributed by atoms with Crippen LogP contribution < -0.4 is 5.32 Å². The maximum absolute atomic E-state index is 12.7. The average molecular weight is 413 g/mol. The fourth-order valence-corrected chi connectivity index (χ4v) is 3.37. The summed E-state index contributed by atoms with van der Waals surface area (Å²) in [5.41, 5.74) is 3.25. The van der Waals surface area contributed by atoms with Crippen LogP contribution >= 0.6 is 39.1 Å². The molecule has 2 aromatic heterocycles. The summed E-state index contributed by atoms with van der Waals surface area (Å²) in [7, 11) is 0. The van der Waals surface area contributed by atoms with Crippen LogP contribution in [0.25, 0.3) is 5.65 Å². The molecule has 0 aliphatic heterocycles. The molecule has 0 bridgehead atoms. The number of amides is 1. The van der Waals surface area contributed by atoms with Crippen molar-refractivity contribution in [1.29, 1.82) is 0 Å². The molecule has 0 spiro atoms. The number of benzene rings is 1. The monoisotopic (exact) mass is 411 g/mol. The van der Waals surface area contributed by atoms with Crippen LogP contribution in [0.3, 0.4) is 0 Å². The molecule has 0 saturated carbocycles. The molecule has 4 nitrogen and oxygen atoms in total. The largest absolute Gasteiger partial charge is 0.319 e. The summed E-state index contributed by atoms with van der Waals surface area (Å²) < 4.78 is 2.60. The first-order valence-corrected chi connectivity index (χ1v) is 8.33. The predicted octanol–water partition coefficient (Wildman–Crippen LogP) is 5.27. The van der Waals surface area contributed by atoms with Crippen molar-refractivity contribution in [3.63, 3.8) is 0 Å². The maximum Gasteiger partial charge on any atom is 0.274 e. The number of nitrogens with zero attached hydrogens (tertiary/aromatic N) is 2. The number of carbonyl (C=O) groups is 1. The number of nitrogens with one attached hydrogen (secondary N) is 1. The standard InChI is InChI=1S/C16H12BrCl2N3O/c1-8-5-11(17)15-20-9(2)14(22(15)7-8)16(23)21-13-6-10(18)3-4-12(13)19/h3-7H,1-2H3,(H,21,23). The van der Waals surface area contributed by atoms with E-state index in [9.17, 15) is 4.79 Å². The van der Waals surface area contributed by atoms with Crippen molar-refractivity contribution in [3.05, 3.63) is 61.9 Å². The van der Waals surface area contributed by atoms with Gasteiger partial charge >= 0.3 is 0 Å². The minimum absolute atomic E-state index is 0.295. The number of fused-ring (bicyclic) bond motifs is 1. The third-order valence-electron chi connectivity index (χ3n) is 3.38. The van der Waals surface area contributed by atoms with Gasteiger partial charge in [0.1, 0.15) is 5.69 Å². The molecule has 3 aromatic rings. The van der Waals surface area contributed by atoms with E-state index in [2.05, 4.69) is 26.2 Å². The van der Waals surface area contributed by atoms with E-state index < -0.39 is 0 Å². The van der Waals surface area contributed by atoms with E-state index in [1.54, 1.807) is 29.5 Å². The van der Waals surface area contributed by atoms with E-state index in [1.165, 1.54) is 0 Å². The van der Waals surface area contributed by atoms with Crippen LogP contribution in [0, 0.1) is 13.8 Å². The molecule has 1 amide bonds. The number of imidazole rings is 1. The lowest BCUT2D eigenvalue weighted by atomic mass is 10.2. The number of hydrogen-bond donors (Lipinski definition) is 1. The molecule has 0 aliphatic rings. The van der Waals surface area contributed by atoms with Gasteiger partial charge in [-0.1, -0.05) is 23.2 Å². The second-order valence-electron chi connectivity index (χ2n) is 5.18. The number of aromatic nitrogens is 2. The molecule has 0 saturated heterocycles. The number of carbonyl (C=O) groups excluding carboxylic acids is 1. The highest BCUT2D eigenvalue weighted by Gasteiger charge is 2.19. The lowest BCUT2D eigenvalue weighted by molar-refractivity contribution is 0.102. The Morgan fingerprint density at radius 1 is 1.26 bits per heavy atom. The Morgan fingerprint density at radius 2 is 2.00 bits per heavy atom. The van der Waals surface area contributed by atoms with Gasteiger partial charge in [0.25, 0.3) is 5.91 Å². The molecule has 0 unspecified atom stereocenters. The molecule has 1 N–H and O–H groups in total. The fourth-order valence-electron chi connectivity index (χ4n) is 2.39. The van der Waals surface area contributed by atoms with Crippen molar-refractivity contribution in [2.75, 3.05) is 5.32 Å². The van der Waals surface area contributed by atoms with Gasteiger partial charge in [-0.15, -0.1) is 0 Å². The molecule has 23 heavy (non-hydrogen) atoms. The van der Waals surface area contributed by atoms with Crippen molar-refractivity contribution in [1.82, 2.24) is 9.38 Å². The zero-order chi connectivity index (χ0) is 16.7. The maximum atomic E-state index is 12.7. The first-order chi connectivity index (χ1) is 10.9. The van der Waals surface area contributed by atoms with Gasteiger partial charge in [0.05, 0.1) is 20.9 Å². The molecule has 2 heterocycles. The summed E-state index contributed by atoms with van der Waals surface area (Å²) >= 11 is 15.5. The summed E-state index contributed by atoms with van der Waals surface area (Å²) in [6.07, 6.45) is 1.87. The van der Waals surface area contributed by atoms with Gasteiger partial charge in [-0.2, -0.15) is 0 Å². The van der Waals surface area contributed by atoms with E-state index >= 15 is 0 Å². The molecule has 0 fully saturated rings. The van der Waals surface area contributed by atoms with Crippen molar-refractivity contribution in [3.8, 4) is 0 Å². The van der Waals surface area contributed by atoms with Gasteiger partial charge in [-0.05, 0) is 59.6 Å². The summed E-state index contributed by atoms with van der Waals surface area (Å²) in [6.45, 7) is 3.75. The van der Waals surface area contributed by atoms with Gasteiger partial charge in [0.15, 0.2) is 5.65 Å². The number of rotatable bonds is 2. The fraction of sp³-hybridized carbons (Fsp3) is 0.125. The smallest absolute Gasteiger partial charge is 0.274 e. The number of halogens is 3. The van der Waals surface area contributed by atoms with Crippen molar-refractivity contribution in [2.45, 2.75) is 13.8 Å². The summed E-state index contributed by atoms with van der Waals surface area (Å²) in [4.78, 5) is 17.2. The van der Waals surface area contributed by atoms with Crippen LogP contribution in [0.5, 0.6) is 0 Å². The number of anilines is 1. The van der Waals surface area contributed by atoms with Crippen LogP contribution in [0.15, 0.2) is 34.9 Å². The van der Waals surface area contributed by atoms with Gasteiger partial charge in [0.2, 0.25) is 0 Å². The minimum Gasteiger partial charge on any atom is -0.319 e. The van der Waals surface area contributed by atoms with Gasteiger partial charge < -0.3 is 5.32 Å². The van der Waals surface area contributed by atoms with Gasteiger partial charge in [-0.25, -0.2) is 4.98 Å². The van der Waals surface area contributed by atoms with Gasteiger partial charge in [-0.3, -0.25) is 9.20 Å². The van der Waals surface area contributed by atoms with E-state index in [4.69, 9.17) is 23.2 Å². The van der Waals surface area contributed by atoms with Crippen LogP contribution in [0.2, 0.25) is 10.0 Å². The van der Waals surface area contributed by atoms with Crippen molar-refractivity contribution in [2.24, 2.45) is 0 Å². The summed E-state index contributed by atoms with van der Waals surface area (Å²) in [5, 5.41) is 3.71. The Labute approximate surface area is 151 Å². The van der Waals surface area contributed by atoms with E-state index in [-0.39, 0.29) is 5.91 Å². The Kier molecular flexibility index (Phi) is 4.36. The highest BCUT2D eigenvalue weighted by Crippen LogP contribution is 2.27. The molecule has 0 radical (unpaired) electrons. The van der Waals surface area contributed by atoms with Crippen molar-refractivity contribution < 1.29 is 4.79 Å². The Hall–Kier alpha value is -1.56. The zero-order valence-electron chi connectivity index (χ0n) is 12.3. The Balaban J connectivity index is 2.08. The molecule has 1 aromatic carbocycles. The van der Waals surface area contributed by atoms with Crippen LogP contribution in [-0.4, -0.2) is 15.3 Å². The molecule has 118 valence electrons. The van der Waals surface area contributed by atoms with Gasteiger partial charge in [0, 0.05) is 11.2 Å². The number of pyridine rings is 1. The summed E-state index contributed by atoms with van der Waals surface area (Å²) in [5.74, 6) is -0.295. The average Bonchev–Trinajstić information content (AvgIpc) is 2.79. The van der Waals surface area contributed by atoms with Crippen LogP contribution in [-0.2, 0) is 0 Å². The second-order valence-corrected chi connectivity index (χ2v) is 6.88. The third kappa shape index (κ3) is 3.09. The lowest BCUT2D eigenvalue weighted by Gasteiger charge is -2.09. The van der Waals surface area contributed by atoms with E-state index in [0.717, 1.165) is 10.0 Å². The first-order valence-electron chi connectivity index (χ1n) is 6.78. The zero-order valence-corrected chi connectivity index (χ0v) is 15.4. The van der Waals surface area contributed by atoms with Crippen LogP contribution in [0.4, 0.5) is 5.69 Å². The molecule has 3 rings (SSSR count). The molecule has 0 aliphatic carbocycles. The summed E-state index contributed by atoms with van der Waals surface area (Å²) in [6, 6.07) is 6.87. The number of hydrogen-bond acceptors (Lipinski definition) is 2. The van der Waals surface area contributed by atoms with E-state index in [1.807, 2.05) is 19.2 Å². The predicted molar refractivity (Wildman–Crippen MR) is 96.8 cm³/mol. The molecule has 7 heteroatoms. The normalized spacial score (nSPS) is 11.0.